The summed E-state index contributed by atoms with van der Waals surface area (Å²) in [5, 5.41) is 10.6. The highest BCUT2D eigenvalue weighted by Crippen LogP contribution is 2.45. The Bertz CT molecular complexity index is 460. The van der Waals surface area contributed by atoms with Gasteiger partial charge in [0.15, 0.2) is 0 Å². The average Bonchev–Trinajstić information content (AvgIpc) is 2.94. The molecule has 3 rings (SSSR count). The first-order chi connectivity index (χ1) is 9.72. The van der Waals surface area contributed by atoms with E-state index in [0.29, 0.717) is 11.6 Å². The molecule has 5 nitrogen and oxygen atoms in total. The molecule has 1 aromatic rings. The number of aliphatic hydroxyl groups is 1. The highest BCUT2D eigenvalue weighted by atomic mass is 16.5. The third-order valence-electron chi connectivity index (χ3n) is 4.67. The van der Waals surface area contributed by atoms with Crippen LogP contribution in [0.5, 0.6) is 5.88 Å². The molecule has 2 atom stereocenters. The van der Waals surface area contributed by atoms with Crippen molar-refractivity contribution in [3.8, 4) is 5.88 Å². The Morgan fingerprint density at radius 2 is 2.20 bits per heavy atom. The zero-order valence-corrected chi connectivity index (χ0v) is 11.9. The van der Waals surface area contributed by atoms with E-state index in [1.165, 1.54) is 19.2 Å². The SMILES string of the molecule is COc1cc(C(O)C2CCOC3(CCCC3)C2)ncn1. The molecule has 20 heavy (non-hydrogen) atoms. The van der Waals surface area contributed by atoms with Crippen LogP contribution in [-0.4, -0.2) is 34.4 Å². The summed E-state index contributed by atoms with van der Waals surface area (Å²) in [7, 11) is 1.57. The van der Waals surface area contributed by atoms with Gasteiger partial charge in [0.25, 0.3) is 0 Å². The molecule has 1 saturated heterocycles. The molecular formula is C15H22N2O3. The Kier molecular flexibility index (Phi) is 3.89. The highest BCUT2D eigenvalue weighted by Gasteiger charge is 2.42. The maximum Gasteiger partial charge on any atom is 0.216 e. The van der Waals surface area contributed by atoms with Crippen molar-refractivity contribution in [3.05, 3.63) is 18.1 Å². The maximum atomic E-state index is 10.6. The molecule has 1 saturated carbocycles. The smallest absolute Gasteiger partial charge is 0.216 e. The van der Waals surface area contributed by atoms with Crippen molar-refractivity contribution in [2.24, 2.45) is 5.92 Å². The summed E-state index contributed by atoms with van der Waals surface area (Å²) in [5.41, 5.74) is 0.665. The molecule has 1 aliphatic heterocycles. The van der Waals surface area contributed by atoms with Crippen molar-refractivity contribution < 1.29 is 14.6 Å². The van der Waals surface area contributed by atoms with Gasteiger partial charge >= 0.3 is 0 Å². The molecule has 2 aliphatic rings. The van der Waals surface area contributed by atoms with Crippen molar-refractivity contribution in [2.45, 2.75) is 50.2 Å². The summed E-state index contributed by atoms with van der Waals surface area (Å²) < 4.78 is 11.1. The van der Waals surface area contributed by atoms with Gasteiger partial charge in [-0.1, -0.05) is 12.8 Å². The van der Waals surface area contributed by atoms with Gasteiger partial charge < -0.3 is 14.6 Å². The van der Waals surface area contributed by atoms with Crippen molar-refractivity contribution >= 4 is 0 Å². The zero-order chi connectivity index (χ0) is 14.0. The van der Waals surface area contributed by atoms with Crippen LogP contribution in [0.15, 0.2) is 12.4 Å². The Morgan fingerprint density at radius 1 is 1.40 bits per heavy atom. The molecule has 1 N–H and O–H groups in total. The maximum absolute atomic E-state index is 10.6. The van der Waals surface area contributed by atoms with E-state index in [-0.39, 0.29) is 11.5 Å². The number of aliphatic hydroxyl groups excluding tert-OH is 1. The molecule has 2 fully saturated rings. The number of aromatic nitrogens is 2. The molecular weight excluding hydrogens is 256 g/mol. The van der Waals surface area contributed by atoms with Gasteiger partial charge in [0.1, 0.15) is 6.33 Å². The predicted octanol–water partition coefficient (Wildman–Crippen LogP) is 2.26. The minimum absolute atomic E-state index is 0.0149. The van der Waals surface area contributed by atoms with Crippen LogP contribution in [0.3, 0.4) is 0 Å². The largest absolute Gasteiger partial charge is 0.481 e. The van der Waals surface area contributed by atoms with Gasteiger partial charge in [-0.2, -0.15) is 0 Å². The number of hydrogen-bond donors (Lipinski definition) is 1. The predicted molar refractivity (Wildman–Crippen MR) is 73.4 cm³/mol. The Labute approximate surface area is 119 Å². The first-order valence-corrected chi connectivity index (χ1v) is 7.40. The van der Waals surface area contributed by atoms with Crippen LogP contribution in [0.25, 0.3) is 0 Å². The standard InChI is InChI=1S/C15H22N2O3/c1-19-13-8-12(16-10-17-13)14(18)11-4-7-20-15(9-11)5-2-3-6-15/h8,10-11,14,18H,2-7,9H2,1H3. The van der Waals surface area contributed by atoms with Crippen LogP contribution in [0.4, 0.5) is 0 Å². The average molecular weight is 278 g/mol. The van der Waals surface area contributed by atoms with E-state index in [0.717, 1.165) is 32.3 Å². The van der Waals surface area contributed by atoms with E-state index in [2.05, 4.69) is 9.97 Å². The lowest BCUT2D eigenvalue weighted by atomic mass is 9.81. The summed E-state index contributed by atoms with van der Waals surface area (Å²) >= 11 is 0. The zero-order valence-electron chi connectivity index (χ0n) is 11.9. The number of methoxy groups -OCH3 is 1. The van der Waals surface area contributed by atoms with Gasteiger partial charge in [0.05, 0.1) is 24.5 Å². The lowest BCUT2D eigenvalue weighted by molar-refractivity contribution is -0.113. The van der Waals surface area contributed by atoms with E-state index >= 15 is 0 Å². The fraction of sp³-hybridized carbons (Fsp3) is 0.733. The van der Waals surface area contributed by atoms with E-state index in [1.807, 2.05) is 0 Å². The Morgan fingerprint density at radius 3 is 2.95 bits per heavy atom. The second-order valence-electron chi connectivity index (χ2n) is 5.92. The van der Waals surface area contributed by atoms with Gasteiger partial charge in [-0.05, 0) is 31.6 Å². The minimum Gasteiger partial charge on any atom is -0.481 e. The lowest BCUT2D eigenvalue weighted by Gasteiger charge is -2.39. The van der Waals surface area contributed by atoms with E-state index in [9.17, 15) is 5.11 Å². The molecule has 0 radical (unpaired) electrons. The van der Waals surface area contributed by atoms with Gasteiger partial charge in [-0.15, -0.1) is 0 Å². The van der Waals surface area contributed by atoms with E-state index in [1.54, 1.807) is 13.2 Å². The molecule has 2 heterocycles. The molecule has 1 spiro atoms. The van der Waals surface area contributed by atoms with Crippen LogP contribution in [-0.2, 0) is 4.74 Å². The summed E-state index contributed by atoms with van der Waals surface area (Å²) in [6.45, 7) is 0.740. The molecule has 0 aromatic carbocycles. The van der Waals surface area contributed by atoms with Gasteiger partial charge in [0, 0.05) is 12.7 Å². The van der Waals surface area contributed by atoms with Crippen molar-refractivity contribution in [1.82, 2.24) is 9.97 Å². The molecule has 110 valence electrons. The van der Waals surface area contributed by atoms with Crippen LogP contribution in [0.1, 0.15) is 50.3 Å². The highest BCUT2D eigenvalue weighted by molar-refractivity contribution is 5.16. The number of rotatable bonds is 3. The number of nitrogens with zero attached hydrogens (tertiary/aromatic N) is 2. The van der Waals surface area contributed by atoms with Crippen LogP contribution >= 0.6 is 0 Å². The number of hydrogen-bond acceptors (Lipinski definition) is 5. The summed E-state index contributed by atoms with van der Waals surface area (Å²) in [5.74, 6) is 0.707. The third-order valence-corrected chi connectivity index (χ3v) is 4.67. The second-order valence-corrected chi connectivity index (χ2v) is 5.92. The van der Waals surface area contributed by atoms with Gasteiger partial charge in [0.2, 0.25) is 5.88 Å². The fourth-order valence-corrected chi connectivity index (χ4v) is 3.57. The van der Waals surface area contributed by atoms with Crippen LogP contribution in [0.2, 0.25) is 0 Å². The van der Waals surface area contributed by atoms with E-state index < -0.39 is 6.10 Å². The first-order valence-electron chi connectivity index (χ1n) is 7.40. The first kappa shape index (κ1) is 13.8. The monoisotopic (exact) mass is 278 g/mol. The van der Waals surface area contributed by atoms with E-state index in [4.69, 9.17) is 9.47 Å². The number of ether oxygens (including phenoxy) is 2. The molecule has 2 unspecified atom stereocenters. The lowest BCUT2D eigenvalue weighted by Crippen LogP contribution is -2.39. The second kappa shape index (κ2) is 5.66. The van der Waals surface area contributed by atoms with Gasteiger partial charge in [-0.25, -0.2) is 9.97 Å². The summed E-state index contributed by atoms with van der Waals surface area (Å²) in [6.07, 6.45) is 7.44. The fourth-order valence-electron chi connectivity index (χ4n) is 3.57. The Hall–Kier alpha value is -1.20. The normalized spacial score (nSPS) is 26.6. The molecule has 5 heteroatoms. The summed E-state index contributed by atoms with van der Waals surface area (Å²) in [6, 6.07) is 1.72. The quantitative estimate of drug-likeness (QED) is 0.918. The minimum atomic E-state index is -0.562. The molecule has 0 bridgehead atoms. The van der Waals surface area contributed by atoms with Crippen molar-refractivity contribution in [1.29, 1.82) is 0 Å². The van der Waals surface area contributed by atoms with Crippen LogP contribution < -0.4 is 4.74 Å². The van der Waals surface area contributed by atoms with Crippen molar-refractivity contribution in [2.75, 3.05) is 13.7 Å². The van der Waals surface area contributed by atoms with Crippen LogP contribution in [0, 0.1) is 5.92 Å². The third kappa shape index (κ3) is 2.65. The molecule has 1 aromatic heterocycles. The van der Waals surface area contributed by atoms with Gasteiger partial charge in [-0.3, -0.25) is 0 Å². The molecule has 1 aliphatic carbocycles. The topological polar surface area (TPSA) is 64.5 Å². The molecule has 0 amide bonds. The summed E-state index contributed by atoms with van der Waals surface area (Å²) in [4.78, 5) is 8.18. The Balaban J connectivity index is 1.74. The van der Waals surface area contributed by atoms with Crippen molar-refractivity contribution in [3.63, 3.8) is 0 Å².